The lowest BCUT2D eigenvalue weighted by Gasteiger charge is -2.28. The first-order chi connectivity index (χ1) is 16.9. The molecule has 3 rings (SSSR count). The van der Waals surface area contributed by atoms with Gasteiger partial charge in [0.15, 0.2) is 12.4 Å². The molecule has 0 atom stereocenters. The van der Waals surface area contributed by atoms with E-state index in [1.54, 1.807) is 0 Å². The monoisotopic (exact) mass is 517 g/mol. The zero-order chi connectivity index (χ0) is 26.3. The average molecular weight is 517 g/mol. The van der Waals surface area contributed by atoms with E-state index in [1.165, 1.54) is 12.1 Å². The van der Waals surface area contributed by atoms with Crippen molar-refractivity contribution in [2.75, 3.05) is 13.2 Å². The lowest BCUT2D eigenvalue weighted by Crippen LogP contribution is -2.40. The molecular weight excluding hydrogens is 492 g/mol. The second-order valence-corrected chi connectivity index (χ2v) is 8.65. The lowest BCUT2D eigenvalue weighted by atomic mass is 9.83. The van der Waals surface area contributed by atoms with Crippen LogP contribution in [0.4, 0.5) is 26.3 Å². The van der Waals surface area contributed by atoms with Crippen molar-refractivity contribution in [2.45, 2.75) is 50.5 Å². The van der Waals surface area contributed by atoms with Crippen LogP contribution in [0.15, 0.2) is 48.5 Å². The van der Waals surface area contributed by atoms with Gasteiger partial charge in [-0.2, -0.15) is 26.3 Å². The summed E-state index contributed by atoms with van der Waals surface area (Å²) in [5.74, 6) is -0.0999. The number of benzene rings is 2. The van der Waals surface area contributed by atoms with Crippen molar-refractivity contribution in [3.8, 4) is 11.5 Å². The van der Waals surface area contributed by atoms with E-state index in [0.717, 1.165) is 36.4 Å². The molecule has 1 aliphatic rings. The standard InChI is InChI=1S/C25H25F6NO4/c26-24(27,28)17-3-9-21(10-4-17)35-14-20(33)13-16-1-7-19(8-2-16)32-23(34)15-36-22-11-5-18(6-12-22)25(29,30)31/h3-6,9-12,16,19H,1-2,7-8,13-15H2,(H,32,34). The van der Waals surface area contributed by atoms with Crippen LogP contribution in [-0.4, -0.2) is 30.9 Å². The summed E-state index contributed by atoms with van der Waals surface area (Å²) in [7, 11) is 0. The summed E-state index contributed by atoms with van der Waals surface area (Å²) < 4.78 is 86.1. The summed E-state index contributed by atoms with van der Waals surface area (Å²) in [6.45, 7) is -0.561. The van der Waals surface area contributed by atoms with Gasteiger partial charge in [0.05, 0.1) is 11.1 Å². The molecule has 0 unspecified atom stereocenters. The number of amides is 1. The predicted molar refractivity (Wildman–Crippen MR) is 117 cm³/mol. The molecule has 11 heteroatoms. The molecule has 1 amide bonds. The van der Waals surface area contributed by atoms with E-state index in [9.17, 15) is 35.9 Å². The van der Waals surface area contributed by atoms with Crippen molar-refractivity contribution >= 4 is 11.7 Å². The second-order valence-electron chi connectivity index (χ2n) is 8.65. The normalized spacial score (nSPS) is 18.4. The van der Waals surface area contributed by atoms with Gasteiger partial charge in [0.1, 0.15) is 18.1 Å². The highest BCUT2D eigenvalue weighted by Crippen LogP contribution is 2.31. The van der Waals surface area contributed by atoms with Gasteiger partial charge in [-0.25, -0.2) is 0 Å². The van der Waals surface area contributed by atoms with E-state index in [2.05, 4.69) is 5.32 Å². The van der Waals surface area contributed by atoms with E-state index in [4.69, 9.17) is 9.47 Å². The zero-order valence-corrected chi connectivity index (χ0v) is 19.1. The highest BCUT2D eigenvalue weighted by atomic mass is 19.4. The summed E-state index contributed by atoms with van der Waals surface area (Å²) in [6, 6.07) is 8.10. The fourth-order valence-electron chi connectivity index (χ4n) is 3.95. The molecule has 0 aliphatic heterocycles. The van der Waals surface area contributed by atoms with Crippen LogP contribution < -0.4 is 14.8 Å². The van der Waals surface area contributed by atoms with Crippen LogP contribution in [0.2, 0.25) is 0 Å². The Hall–Kier alpha value is -3.24. The third kappa shape index (κ3) is 8.46. The number of ketones is 1. The van der Waals surface area contributed by atoms with E-state index >= 15 is 0 Å². The summed E-state index contributed by atoms with van der Waals surface area (Å²) >= 11 is 0. The molecule has 1 N–H and O–H groups in total. The number of rotatable bonds is 9. The Bertz CT molecular complexity index is 927. The maximum atomic E-state index is 12.6. The summed E-state index contributed by atoms with van der Waals surface area (Å²) in [6.07, 6.45) is -5.89. The Kier molecular flexibility index (Phi) is 8.86. The Morgan fingerprint density at radius 2 is 1.17 bits per heavy atom. The van der Waals surface area contributed by atoms with Gasteiger partial charge < -0.3 is 14.8 Å². The zero-order valence-electron chi connectivity index (χ0n) is 19.1. The van der Waals surface area contributed by atoms with Crippen LogP contribution in [0.25, 0.3) is 0 Å². The number of Topliss-reactive ketones (excluding diaryl/α,β-unsaturated/α-hetero) is 1. The van der Waals surface area contributed by atoms with E-state index in [-0.39, 0.29) is 54.8 Å². The van der Waals surface area contributed by atoms with Crippen LogP contribution >= 0.6 is 0 Å². The second kappa shape index (κ2) is 11.7. The molecule has 0 saturated heterocycles. The van der Waals surface area contributed by atoms with Gasteiger partial charge >= 0.3 is 12.4 Å². The van der Waals surface area contributed by atoms with Crippen LogP contribution in [0.1, 0.15) is 43.2 Å². The molecule has 36 heavy (non-hydrogen) atoms. The minimum absolute atomic E-state index is 0.0940. The van der Waals surface area contributed by atoms with Gasteiger partial charge in [-0.05, 0) is 80.1 Å². The van der Waals surface area contributed by atoms with Crippen molar-refractivity contribution < 1.29 is 45.4 Å². The van der Waals surface area contributed by atoms with Crippen molar-refractivity contribution in [1.29, 1.82) is 0 Å². The maximum absolute atomic E-state index is 12.6. The number of halogens is 6. The highest BCUT2D eigenvalue weighted by Gasteiger charge is 2.31. The van der Waals surface area contributed by atoms with Gasteiger partial charge in [-0.15, -0.1) is 0 Å². The first-order valence-corrected chi connectivity index (χ1v) is 11.3. The van der Waals surface area contributed by atoms with Gasteiger partial charge in [-0.1, -0.05) is 0 Å². The molecule has 2 aromatic carbocycles. The molecule has 1 aliphatic carbocycles. The van der Waals surface area contributed by atoms with E-state index < -0.39 is 23.5 Å². The molecule has 0 aromatic heterocycles. The molecule has 1 saturated carbocycles. The maximum Gasteiger partial charge on any atom is 0.416 e. The molecule has 1 fully saturated rings. The molecular formula is C25H25F6NO4. The van der Waals surface area contributed by atoms with Gasteiger partial charge in [0.25, 0.3) is 5.91 Å². The van der Waals surface area contributed by atoms with Gasteiger partial charge in [0.2, 0.25) is 0 Å². The largest absolute Gasteiger partial charge is 0.486 e. The van der Waals surface area contributed by atoms with E-state index in [0.29, 0.717) is 25.7 Å². The third-order valence-corrected chi connectivity index (χ3v) is 5.86. The topological polar surface area (TPSA) is 64.6 Å². The third-order valence-electron chi connectivity index (χ3n) is 5.86. The molecule has 0 heterocycles. The Morgan fingerprint density at radius 3 is 1.61 bits per heavy atom. The van der Waals surface area contributed by atoms with Crippen molar-refractivity contribution in [3.05, 3.63) is 59.7 Å². The van der Waals surface area contributed by atoms with Crippen molar-refractivity contribution in [2.24, 2.45) is 5.92 Å². The lowest BCUT2D eigenvalue weighted by molar-refractivity contribution is -0.138. The number of carbonyl (C=O) groups excluding carboxylic acids is 2. The number of ether oxygens (including phenoxy) is 2. The fraction of sp³-hybridized carbons (Fsp3) is 0.440. The van der Waals surface area contributed by atoms with Crippen molar-refractivity contribution in [3.63, 3.8) is 0 Å². The summed E-state index contributed by atoms with van der Waals surface area (Å²) in [5.41, 5.74) is -1.60. The van der Waals surface area contributed by atoms with Crippen molar-refractivity contribution in [1.82, 2.24) is 5.32 Å². The van der Waals surface area contributed by atoms with E-state index in [1.807, 2.05) is 0 Å². The number of nitrogens with one attached hydrogen (secondary N) is 1. The molecule has 0 bridgehead atoms. The Morgan fingerprint density at radius 1 is 0.722 bits per heavy atom. The van der Waals surface area contributed by atoms with Crippen LogP contribution in [0.3, 0.4) is 0 Å². The molecule has 196 valence electrons. The predicted octanol–water partition coefficient (Wildman–Crippen LogP) is 5.82. The molecule has 0 spiro atoms. The van der Waals surface area contributed by atoms with Crippen LogP contribution in [0, 0.1) is 5.92 Å². The quantitative estimate of drug-likeness (QED) is 0.426. The summed E-state index contributed by atoms with van der Waals surface area (Å²) in [5, 5.41) is 2.83. The first-order valence-electron chi connectivity index (χ1n) is 11.3. The molecule has 5 nitrogen and oxygen atoms in total. The van der Waals surface area contributed by atoms with Crippen LogP contribution in [0.5, 0.6) is 11.5 Å². The minimum Gasteiger partial charge on any atom is -0.486 e. The number of alkyl halides is 6. The van der Waals surface area contributed by atoms with Gasteiger partial charge in [-0.3, -0.25) is 9.59 Å². The Balaban J connectivity index is 1.32. The average Bonchev–Trinajstić information content (AvgIpc) is 2.82. The number of hydrogen-bond acceptors (Lipinski definition) is 4. The minimum atomic E-state index is -4.45. The van der Waals surface area contributed by atoms with Crippen LogP contribution in [-0.2, 0) is 21.9 Å². The highest BCUT2D eigenvalue weighted by molar-refractivity contribution is 5.80. The first kappa shape index (κ1) is 27.3. The van der Waals surface area contributed by atoms with Gasteiger partial charge in [0, 0.05) is 12.5 Å². The summed E-state index contributed by atoms with van der Waals surface area (Å²) in [4.78, 5) is 24.3. The molecule has 0 radical (unpaired) electrons. The number of hydrogen-bond donors (Lipinski definition) is 1. The fourth-order valence-corrected chi connectivity index (χ4v) is 3.95. The smallest absolute Gasteiger partial charge is 0.416 e. The molecule has 2 aromatic rings. The number of carbonyl (C=O) groups is 2. The Labute approximate surface area is 203 Å². The SMILES string of the molecule is O=C(COc1ccc(C(F)(F)F)cc1)CC1CCC(NC(=O)COc2ccc(C(F)(F)F)cc2)CC1.